The van der Waals surface area contributed by atoms with Crippen molar-refractivity contribution in [3.05, 3.63) is 54.2 Å². The predicted molar refractivity (Wildman–Crippen MR) is 218 cm³/mol. The summed E-state index contributed by atoms with van der Waals surface area (Å²) in [5, 5.41) is 27.1. The third-order valence-corrected chi connectivity index (χ3v) is 12.4. The molecule has 3 aromatic rings. The molecule has 3 unspecified atom stereocenters. The summed E-state index contributed by atoms with van der Waals surface area (Å²) >= 11 is 0. The summed E-state index contributed by atoms with van der Waals surface area (Å²) in [6, 6.07) is 10.9. The number of hydrogen-bond donors (Lipinski definition) is 4. The number of amides is 1. The second kappa shape index (κ2) is 21.0. The number of aromatic hydroxyl groups is 1. The number of carbonyl (C=O) groups is 1. The van der Waals surface area contributed by atoms with E-state index in [9.17, 15) is 26.7 Å². The van der Waals surface area contributed by atoms with Crippen LogP contribution in [0.5, 0.6) is 5.88 Å². The predicted octanol–water partition coefficient (Wildman–Crippen LogP) is 8.92. The largest absolute Gasteiger partial charge is 0.492 e. The van der Waals surface area contributed by atoms with Crippen LogP contribution in [0.15, 0.2) is 68.6 Å². The summed E-state index contributed by atoms with van der Waals surface area (Å²) in [5.74, 6) is 0.578. The molecule has 3 atom stereocenters. The number of carbonyl (C=O) groups excluding carboxylic acids is 1. The van der Waals surface area contributed by atoms with Gasteiger partial charge in [-0.2, -0.15) is 14.9 Å². The van der Waals surface area contributed by atoms with E-state index in [-0.39, 0.29) is 45.0 Å². The number of sulfonamides is 2. The van der Waals surface area contributed by atoms with Crippen molar-refractivity contribution in [1.29, 1.82) is 0 Å². The van der Waals surface area contributed by atoms with Crippen LogP contribution in [0.25, 0.3) is 5.69 Å². The molecule has 0 radical (unpaired) electrons. The Kier molecular flexibility index (Phi) is 17.5. The van der Waals surface area contributed by atoms with E-state index in [0.29, 0.717) is 29.9 Å². The lowest BCUT2D eigenvalue weighted by Crippen LogP contribution is -2.33. The summed E-state index contributed by atoms with van der Waals surface area (Å²) in [4.78, 5) is 13.7. The van der Waals surface area contributed by atoms with Gasteiger partial charge in [-0.3, -0.25) is 4.79 Å². The van der Waals surface area contributed by atoms with E-state index in [2.05, 4.69) is 71.6 Å². The van der Waals surface area contributed by atoms with Crippen LogP contribution in [0.1, 0.15) is 131 Å². The minimum atomic E-state index is -3.81. The molecule has 13 nitrogen and oxygen atoms in total. The monoisotopic (exact) mass is 801 g/mol. The van der Waals surface area contributed by atoms with E-state index in [1.165, 1.54) is 48.5 Å². The van der Waals surface area contributed by atoms with Crippen LogP contribution < -0.4 is 14.8 Å². The zero-order valence-electron chi connectivity index (χ0n) is 34.0. The second-order valence-corrected chi connectivity index (χ2v) is 19.4. The highest BCUT2D eigenvalue weighted by atomic mass is 32.2. The Morgan fingerprint density at radius 3 is 1.49 bits per heavy atom. The smallest absolute Gasteiger partial charge is 0.274 e. The lowest BCUT2D eigenvalue weighted by molar-refractivity contribution is 0.0933. The molecule has 3 rings (SSSR count). The van der Waals surface area contributed by atoms with Crippen LogP contribution in [0.4, 0.5) is 11.4 Å². The first-order valence-electron chi connectivity index (χ1n) is 19.6. The Hall–Kier alpha value is -3.66. The number of aromatic nitrogens is 2. The minimum Gasteiger partial charge on any atom is -0.492 e. The van der Waals surface area contributed by atoms with Gasteiger partial charge in [-0.25, -0.2) is 26.3 Å². The first-order chi connectivity index (χ1) is 25.8. The quantitative estimate of drug-likeness (QED) is 0.0690. The van der Waals surface area contributed by atoms with Crippen LogP contribution in [0, 0.1) is 17.8 Å². The molecule has 0 aliphatic carbocycles. The third kappa shape index (κ3) is 14.7. The molecule has 1 aromatic heterocycles. The number of nitrogens with one attached hydrogen (secondary N) is 3. The van der Waals surface area contributed by atoms with E-state index in [1.807, 2.05) is 20.8 Å². The van der Waals surface area contributed by atoms with Crippen molar-refractivity contribution in [2.75, 3.05) is 0 Å². The highest BCUT2D eigenvalue weighted by Gasteiger charge is 2.26. The van der Waals surface area contributed by atoms with Gasteiger partial charge in [-0.05, 0) is 106 Å². The van der Waals surface area contributed by atoms with E-state index in [4.69, 9.17) is 0 Å². The van der Waals surface area contributed by atoms with Crippen molar-refractivity contribution in [3.8, 4) is 11.6 Å². The zero-order chi connectivity index (χ0) is 40.9. The molecule has 1 heterocycles. The number of benzene rings is 2. The second-order valence-electron chi connectivity index (χ2n) is 16.0. The molecule has 0 aliphatic heterocycles. The molecule has 55 heavy (non-hydrogen) atoms. The minimum absolute atomic E-state index is 0.0490. The SMILES string of the molecule is CC(C)CCCC(C)NC(=O)c1nn(-c2ccc(S(=O)(=O)NC(C)CCCC(C)C)cc2)c(O)c1/N=N/c1ccc(S(=O)(=O)NC(C)CCCC(C)C)cc1. The first kappa shape index (κ1) is 45.7. The number of azo groups is 1. The van der Waals surface area contributed by atoms with Crippen LogP contribution in [-0.2, 0) is 20.0 Å². The van der Waals surface area contributed by atoms with Crippen molar-refractivity contribution in [2.45, 2.75) is 148 Å². The van der Waals surface area contributed by atoms with E-state index in [1.54, 1.807) is 0 Å². The van der Waals surface area contributed by atoms with Gasteiger partial charge in [0.25, 0.3) is 5.91 Å². The van der Waals surface area contributed by atoms with Crippen molar-refractivity contribution < 1.29 is 26.7 Å². The lowest BCUT2D eigenvalue weighted by Gasteiger charge is -2.15. The highest BCUT2D eigenvalue weighted by Crippen LogP contribution is 2.35. The zero-order valence-corrected chi connectivity index (χ0v) is 35.7. The van der Waals surface area contributed by atoms with Gasteiger partial charge >= 0.3 is 0 Å². The standard InChI is InChI=1S/C40H63N7O6S2/c1-27(2)13-10-16-30(7)41-39(48)37-38(43-42-33-19-23-35(24-20-33)54(50,51)45-31(8)17-11-14-28(3)4)40(49)47(44-37)34-21-25-36(26-22-34)55(52,53)46-32(9)18-12-15-29(5)6/h19-32,45-46,49H,10-18H2,1-9H3,(H,41,48)/b43-42+. The van der Waals surface area contributed by atoms with Crippen LogP contribution in [0.3, 0.4) is 0 Å². The Labute approximate surface area is 329 Å². The normalized spacial score (nSPS) is 14.3. The van der Waals surface area contributed by atoms with Crippen LogP contribution >= 0.6 is 0 Å². The average molecular weight is 802 g/mol. The highest BCUT2D eigenvalue weighted by molar-refractivity contribution is 7.89. The summed E-state index contributed by atoms with van der Waals surface area (Å²) in [5.41, 5.74) is 0.196. The average Bonchev–Trinajstić information content (AvgIpc) is 3.42. The van der Waals surface area contributed by atoms with Gasteiger partial charge in [-0.1, -0.05) is 80.1 Å². The van der Waals surface area contributed by atoms with E-state index >= 15 is 0 Å². The summed E-state index contributed by atoms with van der Waals surface area (Å²) < 4.78 is 58.8. The van der Waals surface area contributed by atoms with Gasteiger partial charge in [0.05, 0.1) is 21.2 Å². The topological polar surface area (TPSA) is 184 Å². The van der Waals surface area contributed by atoms with Gasteiger partial charge in [0, 0.05) is 18.1 Å². The summed E-state index contributed by atoms with van der Waals surface area (Å²) in [6.45, 7) is 18.4. The molecule has 0 saturated heterocycles. The van der Waals surface area contributed by atoms with Gasteiger partial charge in [0.1, 0.15) is 0 Å². The van der Waals surface area contributed by atoms with Gasteiger partial charge < -0.3 is 10.4 Å². The van der Waals surface area contributed by atoms with Crippen molar-refractivity contribution in [3.63, 3.8) is 0 Å². The Morgan fingerprint density at radius 1 is 0.636 bits per heavy atom. The molecular formula is C40H63N7O6S2. The molecule has 2 aromatic carbocycles. The maximum absolute atomic E-state index is 13.6. The fourth-order valence-corrected chi connectivity index (χ4v) is 8.59. The lowest BCUT2D eigenvalue weighted by atomic mass is 10.0. The molecule has 1 amide bonds. The number of nitrogens with zero attached hydrogens (tertiary/aromatic N) is 4. The molecular weight excluding hydrogens is 739 g/mol. The molecule has 4 N–H and O–H groups in total. The van der Waals surface area contributed by atoms with Gasteiger partial charge in [0.2, 0.25) is 25.9 Å². The number of rotatable bonds is 23. The molecule has 0 bridgehead atoms. The molecule has 0 fully saturated rings. The maximum Gasteiger partial charge on any atom is 0.274 e. The van der Waals surface area contributed by atoms with E-state index < -0.39 is 31.8 Å². The van der Waals surface area contributed by atoms with Crippen molar-refractivity contribution in [2.24, 2.45) is 28.0 Å². The Balaban J connectivity index is 1.88. The van der Waals surface area contributed by atoms with Crippen molar-refractivity contribution >= 4 is 37.3 Å². The van der Waals surface area contributed by atoms with Gasteiger partial charge in [-0.15, -0.1) is 5.11 Å². The molecule has 306 valence electrons. The summed E-state index contributed by atoms with van der Waals surface area (Å²) in [7, 11) is -7.57. The number of hydrogen-bond acceptors (Lipinski definition) is 9. The third-order valence-electron chi connectivity index (χ3n) is 9.20. The Bertz CT molecular complexity index is 1910. The van der Waals surface area contributed by atoms with Crippen LogP contribution in [-0.4, -0.2) is 55.8 Å². The molecule has 0 aliphatic rings. The Morgan fingerprint density at radius 2 is 1.05 bits per heavy atom. The van der Waals surface area contributed by atoms with Gasteiger partial charge in [0.15, 0.2) is 11.4 Å². The fraction of sp³-hybridized carbons (Fsp3) is 0.600. The molecule has 0 spiro atoms. The van der Waals surface area contributed by atoms with E-state index in [0.717, 1.165) is 56.0 Å². The molecule has 0 saturated carbocycles. The fourth-order valence-electron chi connectivity index (χ4n) is 6.04. The maximum atomic E-state index is 13.6. The molecule has 15 heteroatoms. The summed E-state index contributed by atoms with van der Waals surface area (Å²) in [6.07, 6.45) is 7.99. The first-order valence-corrected chi connectivity index (χ1v) is 22.5. The van der Waals surface area contributed by atoms with Crippen molar-refractivity contribution in [1.82, 2.24) is 24.5 Å². The van der Waals surface area contributed by atoms with Crippen LogP contribution in [0.2, 0.25) is 0 Å².